The van der Waals surface area contributed by atoms with Crippen LogP contribution in [0.4, 0.5) is 0 Å². The lowest BCUT2D eigenvalue weighted by Crippen LogP contribution is -2.45. The Morgan fingerprint density at radius 2 is 1.63 bits per heavy atom. The van der Waals surface area contributed by atoms with Gasteiger partial charge in [0.25, 0.3) is 5.91 Å². The van der Waals surface area contributed by atoms with Gasteiger partial charge in [-0.25, -0.2) is 4.79 Å². The van der Waals surface area contributed by atoms with E-state index in [0.717, 1.165) is 16.3 Å². The van der Waals surface area contributed by atoms with Crippen molar-refractivity contribution in [2.24, 2.45) is 0 Å². The summed E-state index contributed by atoms with van der Waals surface area (Å²) in [6.45, 7) is 0. The van der Waals surface area contributed by atoms with Crippen molar-refractivity contribution in [2.45, 2.75) is 18.6 Å². The van der Waals surface area contributed by atoms with E-state index in [0.29, 0.717) is 5.56 Å². The van der Waals surface area contributed by atoms with Crippen LogP contribution < -0.4 is 5.32 Å². The van der Waals surface area contributed by atoms with Gasteiger partial charge in [0.2, 0.25) is 0 Å². The number of nitrogens with one attached hydrogen (secondary N) is 1. The van der Waals surface area contributed by atoms with E-state index in [1.807, 2.05) is 42.5 Å². The van der Waals surface area contributed by atoms with Crippen molar-refractivity contribution in [3.63, 3.8) is 0 Å². The van der Waals surface area contributed by atoms with E-state index in [2.05, 4.69) is 5.32 Å². The van der Waals surface area contributed by atoms with E-state index in [9.17, 15) is 14.7 Å². The van der Waals surface area contributed by atoms with Crippen LogP contribution >= 0.6 is 0 Å². The number of ether oxygens (including phenoxy) is 1. The fraction of sp³-hybridized carbons (Fsp3) is 0.182. The molecule has 2 atom stereocenters. The number of benzene rings is 3. The summed E-state index contributed by atoms with van der Waals surface area (Å²) in [5.41, 5.74) is 1.38. The van der Waals surface area contributed by atoms with Gasteiger partial charge in [0, 0.05) is 6.42 Å². The molecule has 3 aromatic carbocycles. The Labute approximate surface area is 157 Å². The molecule has 0 aliphatic heterocycles. The lowest BCUT2D eigenvalue weighted by atomic mass is 9.98. The van der Waals surface area contributed by atoms with Crippen molar-refractivity contribution >= 4 is 22.6 Å². The van der Waals surface area contributed by atoms with Crippen LogP contribution in [0.5, 0.6) is 0 Å². The third-order valence-electron chi connectivity index (χ3n) is 4.47. The molecule has 3 aromatic rings. The highest BCUT2D eigenvalue weighted by Gasteiger charge is 2.26. The van der Waals surface area contributed by atoms with E-state index in [-0.39, 0.29) is 6.42 Å². The Hall–Kier alpha value is -3.18. The van der Waals surface area contributed by atoms with Crippen LogP contribution in [0.1, 0.15) is 17.2 Å². The molecule has 0 spiro atoms. The molecule has 0 heterocycles. The number of aliphatic hydroxyl groups is 1. The molecule has 0 saturated heterocycles. The maximum Gasteiger partial charge on any atom is 0.328 e. The highest BCUT2D eigenvalue weighted by atomic mass is 16.5. The predicted molar refractivity (Wildman–Crippen MR) is 103 cm³/mol. The SMILES string of the molecule is COC(=O)[C@H](Cc1cccc2ccccc12)NC(=O)[C@@H](O)c1ccccc1. The number of carbonyl (C=O) groups excluding carboxylic acids is 2. The molecule has 3 rings (SSSR count). The molecule has 5 heteroatoms. The third kappa shape index (κ3) is 4.33. The maximum absolute atomic E-state index is 12.5. The number of esters is 1. The average Bonchev–Trinajstić information content (AvgIpc) is 2.72. The zero-order chi connectivity index (χ0) is 19.2. The van der Waals surface area contributed by atoms with Crippen molar-refractivity contribution in [1.29, 1.82) is 0 Å². The molecule has 27 heavy (non-hydrogen) atoms. The zero-order valence-corrected chi connectivity index (χ0v) is 15.0. The Kier molecular flexibility index (Phi) is 5.84. The van der Waals surface area contributed by atoms with Gasteiger partial charge in [-0.3, -0.25) is 4.79 Å². The summed E-state index contributed by atoms with van der Waals surface area (Å²) < 4.78 is 4.85. The molecule has 1 amide bonds. The Morgan fingerprint density at radius 1 is 0.963 bits per heavy atom. The van der Waals surface area contributed by atoms with Crippen LogP contribution in [0.25, 0.3) is 10.8 Å². The van der Waals surface area contributed by atoms with Gasteiger partial charge in [0.1, 0.15) is 6.04 Å². The number of hydrogen-bond acceptors (Lipinski definition) is 4. The van der Waals surface area contributed by atoms with Crippen LogP contribution in [0.2, 0.25) is 0 Å². The van der Waals surface area contributed by atoms with E-state index >= 15 is 0 Å². The van der Waals surface area contributed by atoms with E-state index < -0.39 is 24.0 Å². The number of fused-ring (bicyclic) bond motifs is 1. The molecule has 0 aliphatic carbocycles. The summed E-state index contributed by atoms with van der Waals surface area (Å²) >= 11 is 0. The van der Waals surface area contributed by atoms with Crippen molar-refractivity contribution in [3.8, 4) is 0 Å². The van der Waals surface area contributed by atoms with Crippen LogP contribution in [0.15, 0.2) is 72.8 Å². The molecule has 0 fully saturated rings. The molecular weight excluding hydrogens is 342 g/mol. The van der Waals surface area contributed by atoms with Crippen molar-refractivity contribution in [1.82, 2.24) is 5.32 Å². The fourth-order valence-electron chi connectivity index (χ4n) is 3.06. The first-order valence-electron chi connectivity index (χ1n) is 8.68. The van der Waals surface area contributed by atoms with Gasteiger partial charge in [-0.05, 0) is 21.9 Å². The minimum Gasteiger partial charge on any atom is -0.467 e. The van der Waals surface area contributed by atoms with Gasteiger partial charge in [0.05, 0.1) is 7.11 Å². The smallest absolute Gasteiger partial charge is 0.328 e. The standard InChI is InChI=1S/C22H21NO4/c1-27-22(26)19(23-21(25)20(24)16-9-3-2-4-10-16)14-17-12-7-11-15-8-5-6-13-18(15)17/h2-13,19-20,24H,14H2,1H3,(H,23,25)/t19-,20-/m0/s1. The van der Waals surface area contributed by atoms with Crippen LogP contribution in [-0.4, -0.2) is 30.1 Å². The monoisotopic (exact) mass is 363 g/mol. The van der Waals surface area contributed by atoms with E-state index in [1.165, 1.54) is 7.11 Å². The second-order valence-corrected chi connectivity index (χ2v) is 6.24. The van der Waals surface area contributed by atoms with Crippen molar-refractivity contribution in [2.75, 3.05) is 7.11 Å². The number of amides is 1. The topological polar surface area (TPSA) is 75.6 Å². The van der Waals surface area contributed by atoms with Gasteiger partial charge in [0.15, 0.2) is 6.10 Å². The Morgan fingerprint density at radius 3 is 2.37 bits per heavy atom. The number of aliphatic hydroxyl groups excluding tert-OH is 1. The molecule has 138 valence electrons. The molecule has 0 unspecified atom stereocenters. The molecule has 0 saturated carbocycles. The summed E-state index contributed by atoms with van der Waals surface area (Å²) in [7, 11) is 1.28. The number of methoxy groups -OCH3 is 1. The lowest BCUT2D eigenvalue weighted by molar-refractivity contribution is -0.146. The fourth-order valence-corrected chi connectivity index (χ4v) is 3.06. The molecule has 0 radical (unpaired) electrons. The molecule has 0 aliphatic rings. The molecule has 0 bridgehead atoms. The summed E-state index contributed by atoms with van der Waals surface area (Å²) in [5, 5.41) is 14.9. The number of carbonyl (C=O) groups is 2. The average molecular weight is 363 g/mol. The second-order valence-electron chi connectivity index (χ2n) is 6.24. The van der Waals surface area contributed by atoms with Gasteiger partial charge in [-0.2, -0.15) is 0 Å². The second kappa shape index (κ2) is 8.47. The summed E-state index contributed by atoms with van der Waals surface area (Å²) in [6.07, 6.45) is -1.09. The highest BCUT2D eigenvalue weighted by molar-refractivity contribution is 5.89. The predicted octanol–water partition coefficient (Wildman–Crippen LogP) is 2.77. The summed E-state index contributed by atoms with van der Waals surface area (Å²) in [4.78, 5) is 24.7. The number of hydrogen-bond donors (Lipinski definition) is 2. The molecule has 5 nitrogen and oxygen atoms in total. The summed E-state index contributed by atoms with van der Waals surface area (Å²) in [6, 6.07) is 21.3. The first kappa shape index (κ1) is 18.6. The first-order chi connectivity index (χ1) is 13.1. The van der Waals surface area contributed by atoms with Gasteiger partial charge < -0.3 is 15.2 Å². The quantitative estimate of drug-likeness (QED) is 0.661. The van der Waals surface area contributed by atoms with Gasteiger partial charge >= 0.3 is 5.97 Å². The van der Waals surface area contributed by atoms with Crippen LogP contribution in [0.3, 0.4) is 0 Å². The highest BCUT2D eigenvalue weighted by Crippen LogP contribution is 2.20. The van der Waals surface area contributed by atoms with Gasteiger partial charge in [-0.15, -0.1) is 0 Å². The van der Waals surface area contributed by atoms with Crippen LogP contribution in [0, 0.1) is 0 Å². The Balaban J connectivity index is 1.82. The minimum absolute atomic E-state index is 0.265. The first-order valence-corrected chi connectivity index (χ1v) is 8.68. The van der Waals surface area contributed by atoms with Crippen molar-refractivity contribution in [3.05, 3.63) is 83.9 Å². The molecule has 2 N–H and O–H groups in total. The number of rotatable bonds is 6. The zero-order valence-electron chi connectivity index (χ0n) is 15.0. The van der Waals surface area contributed by atoms with Crippen LogP contribution in [-0.2, 0) is 20.7 Å². The van der Waals surface area contributed by atoms with E-state index in [4.69, 9.17) is 4.74 Å². The van der Waals surface area contributed by atoms with Gasteiger partial charge in [-0.1, -0.05) is 72.8 Å². The minimum atomic E-state index is -1.36. The maximum atomic E-state index is 12.5. The summed E-state index contributed by atoms with van der Waals surface area (Å²) in [5.74, 6) is -1.20. The Bertz CT molecular complexity index is 934. The normalized spacial score (nSPS) is 13.0. The van der Waals surface area contributed by atoms with Crippen molar-refractivity contribution < 1.29 is 19.4 Å². The third-order valence-corrected chi connectivity index (χ3v) is 4.47. The molecule has 0 aromatic heterocycles. The van der Waals surface area contributed by atoms with E-state index in [1.54, 1.807) is 30.3 Å². The largest absolute Gasteiger partial charge is 0.467 e. The molecular formula is C22H21NO4. The lowest BCUT2D eigenvalue weighted by Gasteiger charge is -2.20.